The number of aryl methyl sites for hydroxylation is 1. The second kappa shape index (κ2) is 9.99. The van der Waals surface area contributed by atoms with Gasteiger partial charge in [-0.3, -0.25) is 14.7 Å². The highest BCUT2D eigenvalue weighted by molar-refractivity contribution is 5.76. The SMILES string of the molecule is O=C(CCc1cccnc1)NCc1nnc2n1CCN(Cc1ccc3c(c1)OCCO3)CC2. The van der Waals surface area contributed by atoms with E-state index in [4.69, 9.17) is 9.47 Å². The van der Waals surface area contributed by atoms with Crippen molar-refractivity contribution in [3.63, 3.8) is 0 Å². The van der Waals surface area contributed by atoms with Crippen molar-refractivity contribution in [2.75, 3.05) is 26.3 Å². The third-order valence-electron chi connectivity index (χ3n) is 6.02. The molecule has 0 saturated carbocycles. The minimum absolute atomic E-state index is 0.00468. The van der Waals surface area contributed by atoms with E-state index < -0.39 is 0 Å². The van der Waals surface area contributed by atoms with Crippen LogP contribution >= 0.6 is 0 Å². The summed E-state index contributed by atoms with van der Waals surface area (Å²) in [5.41, 5.74) is 2.26. The molecule has 2 aliphatic rings. The predicted molar refractivity (Wildman–Crippen MR) is 121 cm³/mol. The van der Waals surface area contributed by atoms with Crippen LogP contribution < -0.4 is 14.8 Å². The first kappa shape index (κ1) is 21.4. The third-order valence-corrected chi connectivity index (χ3v) is 6.02. The molecule has 0 fully saturated rings. The molecular weight excluding hydrogens is 420 g/mol. The molecule has 2 aromatic heterocycles. The Kier molecular flexibility index (Phi) is 6.48. The Morgan fingerprint density at radius 3 is 2.82 bits per heavy atom. The lowest BCUT2D eigenvalue weighted by atomic mass is 10.1. The van der Waals surface area contributed by atoms with Crippen LogP contribution in [-0.4, -0.2) is 56.9 Å². The molecule has 4 heterocycles. The summed E-state index contributed by atoms with van der Waals surface area (Å²) < 4.78 is 13.5. The number of carbonyl (C=O) groups is 1. The van der Waals surface area contributed by atoms with Crippen molar-refractivity contribution >= 4 is 5.91 Å². The van der Waals surface area contributed by atoms with Crippen molar-refractivity contribution < 1.29 is 14.3 Å². The van der Waals surface area contributed by atoms with Crippen molar-refractivity contribution in [2.24, 2.45) is 0 Å². The number of rotatable bonds is 7. The fourth-order valence-electron chi connectivity index (χ4n) is 4.23. The van der Waals surface area contributed by atoms with Crippen LogP contribution in [0.25, 0.3) is 0 Å². The summed E-state index contributed by atoms with van der Waals surface area (Å²) in [5, 5.41) is 11.7. The van der Waals surface area contributed by atoms with Crippen molar-refractivity contribution in [1.82, 2.24) is 30.0 Å². The molecule has 172 valence electrons. The van der Waals surface area contributed by atoms with Gasteiger partial charge in [0.15, 0.2) is 17.3 Å². The number of amides is 1. The van der Waals surface area contributed by atoms with Gasteiger partial charge in [0.2, 0.25) is 5.91 Å². The number of benzene rings is 1. The standard InChI is InChI=1S/C24H28N6O3/c31-24(6-4-18-2-1-8-25-15-18)26-16-23-28-27-22-7-9-29(10-11-30(22)23)17-19-3-5-20-21(14-19)33-13-12-32-20/h1-3,5,8,14-15H,4,6-7,9-13,16-17H2,(H,26,31). The molecule has 1 N–H and O–H groups in total. The highest BCUT2D eigenvalue weighted by Crippen LogP contribution is 2.31. The molecular formula is C24H28N6O3. The van der Waals surface area contributed by atoms with Gasteiger partial charge in [0.05, 0.1) is 6.54 Å². The largest absolute Gasteiger partial charge is 0.486 e. The number of ether oxygens (including phenoxy) is 2. The van der Waals surface area contributed by atoms with Crippen molar-refractivity contribution in [1.29, 1.82) is 0 Å². The fourth-order valence-corrected chi connectivity index (χ4v) is 4.23. The van der Waals surface area contributed by atoms with Crippen LogP contribution in [0.5, 0.6) is 11.5 Å². The molecule has 3 aromatic rings. The molecule has 1 amide bonds. The first-order valence-electron chi connectivity index (χ1n) is 11.4. The maximum atomic E-state index is 12.3. The quantitative estimate of drug-likeness (QED) is 0.588. The second-order valence-corrected chi connectivity index (χ2v) is 8.33. The van der Waals surface area contributed by atoms with Gasteiger partial charge in [-0.25, -0.2) is 0 Å². The Balaban J connectivity index is 1.13. The van der Waals surface area contributed by atoms with Gasteiger partial charge < -0.3 is 19.4 Å². The minimum Gasteiger partial charge on any atom is -0.486 e. The van der Waals surface area contributed by atoms with Crippen molar-refractivity contribution in [2.45, 2.75) is 38.9 Å². The maximum absolute atomic E-state index is 12.3. The van der Waals surface area contributed by atoms with E-state index in [-0.39, 0.29) is 5.91 Å². The molecule has 0 bridgehead atoms. The normalized spacial score (nSPS) is 15.5. The summed E-state index contributed by atoms with van der Waals surface area (Å²) in [6.07, 6.45) is 5.45. The van der Waals surface area contributed by atoms with E-state index in [0.29, 0.717) is 32.6 Å². The molecule has 0 unspecified atom stereocenters. The van der Waals surface area contributed by atoms with Crippen LogP contribution in [0.3, 0.4) is 0 Å². The van der Waals surface area contributed by atoms with E-state index in [9.17, 15) is 4.79 Å². The van der Waals surface area contributed by atoms with Crippen molar-refractivity contribution in [3.8, 4) is 11.5 Å². The predicted octanol–water partition coefficient (Wildman–Crippen LogP) is 1.75. The summed E-state index contributed by atoms with van der Waals surface area (Å²) in [5.74, 6) is 3.43. The Hall–Kier alpha value is -3.46. The second-order valence-electron chi connectivity index (χ2n) is 8.33. The Morgan fingerprint density at radius 2 is 1.94 bits per heavy atom. The molecule has 9 heteroatoms. The average molecular weight is 449 g/mol. The lowest BCUT2D eigenvalue weighted by Crippen LogP contribution is -2.28. The Bertz CT molecular complexity index is 1100. The number of hydrogen-bond donors (Lipinski definition) is 1. The van der Waals surface area contributed by atoms with Gasteiger partial charge in [-0.05, 0) is 35.7 Å². The van der Waals surface area contributed by atoms with Gasteiger partial charge in [-0.2, -0.15) is 0 Å². The molecule has 1 aromatic carbocycles. The molecule has 33 heavy (non-hydrogen) atoms. The van der Waals surface area contributed by atoms with E-state index in [1.165, 1.54) is 5.56 Å². The molecule has 0 spiro atoms. The third kappa shape index (κ3) is 5.31. The van der Waals surface area contributed by atoms with Crippen LogP contribution in [0.4, 0.5) is 0 Å². The zero-order chi connectivity index (χ0) is 22.5. The van der Waals surface area contributed by atoms with Gasteiger partial charge in [0.1, 0.15) is 19.0 Å². The molecule has 0 saturated heterocycles. The molecule has 9 nitrogen and oxygen atoms in total. The number of carbonyl (C=O) groups excluding carboxylic acids is 1. The summed E-state index contributed by atoms with van der Waals surface area (Å²) in [6, 6.07) is 10.0. The molecule has 0 aliphatic carbocycles. The number of fused-ring (bicyclic) bond motifs is 2. The number of nitrogens with one attached hydrogen (secondary N) is 1. The van der Waals surface area contributed by atoms with Gasteiger partial charge in [0.25, 0.3) is 0 Å². The van der Waals surface area contributed by atoms with Gasteiger partial charge in [0, 0.05) is 51.4 Å². The Labute approximate surface area is 192 Å². The van der Waals surface area contributed by atoms with Crippen LogP contribution in [0.1, 0.15) is 29.2 Å². The molecule has 2 aliphatic heterocycles. The minimum atomic E-state index is 0.00468. The lowest BCUT2D eigenvalue weighted by Gasteiger charge is -2.22. The zero-order valence-electron chi connectivity index (χ0n) is 18.6. The first-order valence-corrected chi connectivity index (χ1v) is 11.4. The maximum Gasteiger partial charge on any atom is 0.220 e. The average Bonchev–Trinajstić information content (AvgIpc) is 3.14. The van der Waals surface area contributed by atoms with E-state index in [1.54, 1.807) is 12.4 Å². The van der Waals surface area contributed by atoms with E-state index >= 15 is 0 Å². The van der Waals surface area contributed by atoms with Crippen LogP contribution in [0.2, 0.25) is 0 Å². The highest BCUT2D eigenvalue weighted by atomic mass is 16.6. The summed E-state index contributed by atoms with van der Waals surface area (Å²) in [7, 11) is 0. The number of nitrogens with zero attached hydrogens (tertiary/aromatic N) is 5. The number of pyridine rings is 1. The highest BCUT2D eigenvalue weighted by Gasteiger charge is 2.20. The lowest BCUT2D eigenvalue weighted by molar-refractivity contribution is -0.121. The van der Waals surface area contributed by atoms with Crippen LogP contribution in [0.15, 0.2) is 42.7 Å². The van der Waals surface area contributed by atoms with Gasteiger partial charge >= 0.3 is 0 Å². The topological polar surface area (TPSA) is 94.4 Å². The summed E-state index contributed by atoms with van der Waals surface area (Å²) in [6.45, 7) is 5.03. The Morgan fingerprint density at radius 1 is 1.03 bits per heavy atom. The fraction of sp³-hybridized carbons (Fsp3) is 0.417. The van der Waals surface area contributed by atoms with E-state index in [1.807, 2.05) is 18.2 Å². The molecule has 5 rings (SSSR count). The number of aromatic nitrogens is 4. The monoisotopic (exact) mass is 448 g/mol. The molecule has 0 radical (unpaired) electrons. The molecule has 0 atom stereocenters. The summed E-state index contributed by atoms with van der Waals surface area (Å²) in [4.78, 5) is 18.8. The van der Waals surface area contributed by atoms with Crippen LogP contribution in [-0.2, 0) is 37.3 Å². The zero-order valence-corrected chi connectivity index (χ0v) is 18.6. The van der Waals surface area contributed by atoms with E-state index in [0.717, 1.165) is 61.3 Å². The van der Waals surface area contributed by atoms with Crippen molar-refractivity contribution in [3.05, 3.63) is 65.5 Å². The van der Waals surface area contributed by atoms with E-state index in [2.05, 4.69) is 42.1 Å². The summed E-state index contributed by atoms with van der Waals surface area (Å²) >= 11 is 0. The van der Waals surface area contributed by atoms with Gasteiger partial charge in [-0.1, -0.05) is 12.1 Å². The first-order chi connectivity index (χ1) is 16.2. The van der Waals surface area contributed by atoms with Gasteiger partial charge in [-0.15, -0.1) is 10.2 Å². The number of hydrogen-bond acceptors (Lipinski definition) is 7. The smallest absolute Gasteiger partial charge is 0.220 e. The van der Waals surface area contributed by atoms with Crippen LogP contribution in [0, 0.1) is 0 Å².